The van der Waals surface area contributed by atoms with Crippen LogP contribution in [0.5, 0.6) is 11.5 Å². The number of aryl methyl sites for hydroxylation is 1. The molecule has 31 heavy (non-hydrogen) atoms. The zero-order valence-corrected chi connectivity index (χ0v) is 17.3. The van der Waals surface area contributed by atoms with E-state index in [1.165, 1.54) is 20.3 Å². The monoisotopic (exact) mass is 431 g/mol. The minimum absolute atomic E-state index is 0.357. The fourth-order valence-corrected chi connectivity index (χ4v) is 3.49. The fourth-order valence-electron chi connectivity index (χ4n) is 3.49. The number of fused-ring (bicyclic) bond motifs is 3. The van der Waals surface area contributed by atoms with Gasteiger partial charge in [-0.2, -0.15) is 18.2 Å². The zero-order valence-electron chi connectivity index (χ0n) is 17.3. The van der Waals surface area contributed by atoms with Gasteiger partial charge in [0, 0.05) is 17.5 Å². The number of hydrogen-bond donors (Lipinski definition) is 1. The van der Waals surface area contributed by atoms with Crippen molar-refractivity contribution in [3.63, 3.8) is 0 Å². The number of anilines is 1. The van der Waals surface area contributed by atoms with Crippen LogP contribution in [0.2, 0.25) is 0 Å². The topological polar surface area (TPSA) is 73.6 Å². The van der Waals surface area contributed by atoms with Crippen LogP contribution in [0, 0.1) is 6.92 Å². The second kappa shape index (κ2) is 7.60. The SMILES string of the molecule is COc1cc2c(NC(C)c3cccc(C(F)(F)F)c3)nc3nnc(C)n3c2cc1OC. The van der Waals surface area contributed by atoms with Crippen molar-refractivity contribution in [2.75, 3.05) is 19.5 Å². The van der Waals surface area contributed by atoms with Crippen molar-refractivity contribution in [2.24, 2.45) is 0 Å². The third kappa shape index (κ3) is 3.69. The van der Waals surface area contributed by atoms with Gasteiger partial charge in [-0.1, -0.05) is 12.1 Å². The van der Waals surface area contributed by atoms with Crippen molar-refractivity contribution in [1.82, 2.24) is 19.6 Å². The normalized spacial score (nSPS) is 12.9. The number of ether oxygens (including phenoxy) is 2. The summed E-state index contributed by atoms with van der Waals surface area (Å²) in [6.45, 7) is 3.57. The van der Waals surface area contributed by atoms with E-state index in [0.29, 0.717) is 39.9 Å². The average molecular weight is 431 g/mol. The second-order valence-electron chi connectivity index (χ2n) is 7.06. The van der Waals surface area contributed by atoms with Crippen molar-refractivity contribution in [2.45, 2.75) is 26.1 Å². The summed E-state index contributed by atoms with van der Waals surface area (Å²) in [6.07, 6.45) is -4.41. The minimum Gasteiger partial charge on any atom is -0.493 e. The molecule has 2 aromatic heterocycles. The number of nitrogens with one attached hydrogen (secondary N) is 1. The van der Waals surface area contributed by atoms with Crippen molar-refractivity contribution >= 4 is 22.5 Å². The summed E-state index contributed by atoms with van der Waals surface area (Å²) in [5.41, 5.74) is 0.498. The highest BCUT2D eigenvalue weighted by atomic mass is 19.4. The molecule has 10 heteroatoms. The first-order valence-electron chi connectivity index (χ1n) is 9.44. The van der Waals surface area contributed by atoms with Crippen molar-refractivity contribution < 1.29 is 22.6 Å². The molecule has 0 amide bonds. The zero-order chi connectivity index (χ0) is 22.3. The van der Waals surface area contributed by atoms with Crippen LogP contribution in [0.25, 0.3) is 16.7 Å². The maximum absolute atomic E-state index is 13.1. The Morgan fingerprint density at radius 3 is 2.42 bits per heavy atom. The first kappa shape index (κ1) is 20.7. The maximum Gasteiger partial charge on any atom is 0.416 e. The molecular formula is C21H20F3N5O2. The first-order chi connectivity index (χ1) is 14.7. The summed E-state index contributed by atoms with van der Waals surface area (Å²) in [7, 11) is 3.06. The molecule has 0 radical (unpaired) electrons. The molecule has 1 unspecified atom stereocenters. The standard InChI is InChI=1S/C21H20F3N5O2/c1-11(13-6-5-7-14(8-13)21(22,23)24)25-19-15-9-17(30-3)18(31-4)10-16(15)29-12(2)27-28-20(29)26-19/h5-11H,1-4H3,(H,25,26,28). The van der Waals surface area contributed by atoms with Gasteiger partial charge in [0.2, 0.25) is 0 Å². The molecule has 0 saturated carbocycles. The molecule has 1 atom stereocenters. The summed E-state index contributed by atoms with van der Waals surface area (Å²) < 4.78 is 52.0. The maximum atomic E-state index is 13.1. The van der Waals surface area contributed by atoms with Crippen LogP contribution in [0.1, 0.15) is 29.9 Å². The van der Waals surface area contributed by atoms with Crippen LogP contribution in [-0.4, -0.2) is 33.8 Å². The van der Waals surface area contributed by atoms with Crippen LogP contribution in [0.15, 0.2) is 36.4 Å². The lowest BCUT2D eigenvalue weighted by Crippen LogP contribution is -2.12. The van der Waals surface area contributed by atoms with Crippen LogP contribution < -0.4 is 14.8 Å². The molecule has 0 bridgehead atoms. The molecule has 0 aliphatic carbocycles. The molecule has 2 aromatic carbocycles. The van der Waals surface area contributed by atoms with Gasteiger partial charge in [0.1, 0.15) is 11.6 Å². The van der Waals surface area contributed by atoms with Crippen molar-refractivity contribution in [1.29, 1.82) is 0 Å². The van der Waals surface area contributed by atoms with E-state index in [9.17, 15) is 13.2 Å². The molecule has 7 nitrogen and oxygen atoms in total. The predicted octanol–water partition coefficient (Wildman–Crippen LogP) is 4.80. The van der Waals surface area contributed by atoms with Crippen molar-refractivity contribution in [3.8, 4) is 11.5 Å². The number of benzene rings is 2. The van der Waals surface area contributed by atoms with E-state index in [2.05, 4.69) is 20.5 Å². The summed E-state index contributed by atoms with van der Waals surface area (Å²) in [4.78, 5) is 4.55. The number of aromatic nitrogens is 4. The van der Waals surface area contributed by atoms with Gasteiger partial charge in [-0.3, -0.25) is 4.40 Å². The summed E-state index contributed by atoms with van der Waals surface area (Å²) >= 11 is 0. The highest BCUT2D eigenvalue weighted by molar-refractivity contribution is 5.94. The summed E-state index contributed by atoms with van der Waals surface area (Å²) in [5.74, 6) is 2.46. The van der Waals surface area contributed by atoms with E-state index in [-0.39, 0.29) is 0 Å². The number of rotatable bonds is 5. The molecule has 4 rings (SSSR count). The average Bonchev–Trinajstić information content (AvgIpc) is 3.12. The summed E-state index contributed by atoms with van der Waals surface area (Å²) in [5, 5.41) is 12.1. The molecule has 4 aromatic rings. The second-order valence-corrected chi connectivity index (χ2v) is 7.06. The first-order valence-corrected chi connectivity index (χ1v) is 9.44. The van der Waals surface area contributed by atoms with Crippen LogP contribution in [-0.2, 0) is 6.18 Å². The number of alkyl halides is 3. The van der Waals surface area contributed by atoms with E-state index in [4.69, 9.17) is 9.47 Å². The van der Waals surface area contributed by atoms with Gasteiger partial charge in [0.15, 0.2) is 11.5 Å². The molecule has 0 spiro atoms. The van der Waals surface area contributed by atoms with E-state index in [0.717, 1.165) is 17.6 Å². The molecule has 162 valence electrons. The Labute approximate surface area is 175 Å². The lowest BCUT2D eigenvalue weighted by atomic mass is 10.0. The molecule has 0 fully saturated rings. The molecule has 0 aliphatic heterocycles. The van der Waals surface area contributed by atoms with Crippen LogP contribution in [0.3, 0.4) is 0 Å². The third-order valence-corrected chi connectivity index (χ3v) is 5.08. The van der Waals surface area contributed by atoms with Gasteiger partial charge >= 0.3 is 6.18 Å². The van der Waals surface area contributed by atoms with Gasteiger partial charge in [-0.15, -0.1) is 10.2 Å². The van der Waals surface area contributed by atoms with E-state index in [1.807, 2.05) is 0 Å². The highest BCUT2D eigenvalue weighted by Gasteiger charge is 2.30. The Morgan fingerprint density at radius 1 is 1.03 bits per heavy atom. The Morgan fingerprint density at radius 2 is 1.74 bits per heavy atom. The van der Waals surface area contributed by atoms with Gasteiger partial charge in [-0.25, -0.2) is 0 Å². The highest BCUT2D eigenvalue weighted by Crippen LogP contribution is 2.37. The third-order valence-electron chi connectivity index (χ3n) is 5.08. The van der Waals surface area contributed by atoms with Gasteiger partial charge in [0.05, 0.1) is 25.3 Å². The predicted molar refractivity (Wildman–Crippen MR) is 110 cm³/mol. The Kier molecular flexibility index (Phi) is 5.08. The van der Waals surface area contributed by atoms with Crippen LogP contribution >= 0.6 is 0 Å². The Balaban J connectivity index is 1.85. The molecule has 0 aliphatic rings. The number of methoxy groups -OCH3 is 2. The summed E-state index contributed by atoms with van der Waals surface area (Å²) in [6, 6.07) is 8.30. The Hall–Kier alpha value is -3.56. The molecule has 2 heterocycles. The minimum atomic E-state index is -4.41. The lowest BCUT2D eigenvalue weighted by molar-refractivity contribution is -0.137. The number of halogens is 3. The Bertz CT molecular complexity index is 1270. The van der Waals surface area contributed by atoms with Gasteiger partial charge < -0.3 is 14.8 Å². The van der Waals surface area contributed by atoms with Crippen molar-refractivity contribution in [3.05, 3.63) is 53.3 Å². The van der Waals surface area contributed by atoms with E-state index in [1.54, 1.807) is 36.4 Å². The van der Waals surface area contributed by atoms with Gasteiger partial charge in [0.25, 0.3) is 5.78 Å². The van der Waals surface area contributed by atoms with Crippen LogP contribution in [0.4, 0.5) is 19.0 Å². The lowest BCUT2D eigenvalue weighted by Gasteiger charge is -2.19. The van der Waals surface area contributed by atoms with E-state index >= 15 is 0 Å². The molecule has 1 N–H and O–H groups in total. The quantitative estimate of drug-likeness (QED) is 0.490. The fraction of sp³-hybridized carbons (Fsp3) is 0.286. The smallest absolute Gasteiger partial charge is 0.416 e. The molecule has 0 saturated heterocycles. The van der Waals surface area contributed by atoms with Gasteiger partial charge in [-0.05, 0) is 37.6 Å². The number of hydrogen-bond acceptors (Lipinski definition) is 6. The number of nitrogens with zero attached hydrogens (tertiary/aromatic N) is 4. The van der Waals surface area contributed by atoms with E-state index < -0.39 is 17.8 Å². The molecular weight excluding hydrogens is 411 g/mol. The largest absolute Gasteiger partial charge is 0.493 e.